The molecule has 2 aliphatic carbocycles. The molecule has 0 bridgehead atoms. The summed E-state index contributed by atoms with van der Waals surface area (Å²) in [5.41, 5.74) is 3.55. The molecule has 0 saturated heterocycles. The Kier molecular flexibility index (Phi) is 8.85. The molecule has 254 valence electrons. The number of carbonyl (C=O) groups is 2. The number of amides is 2. The van der Waals surface area contributed by atoms with E-state index in [1.807, 2.05) is 55.4 Å². The standard InChI is InChI=1S/C39H45F3N4O2/c1-25-34(30-11-7-8-12-32(30)43-25)35-31(37(35,2)3)23-33(47)46(24-26-13-15-27(16-14-26)39(40,41)42)38(21-9-6-10-22-38)36(48)44-28-17-19-29(20-18-28)45(4)5/h7-8,11-20,31,35,43H,6,9-10,21-24H2,1-5H3,(H,44,48). The number of fused-ring (bicyclic) bond motifs is 1. The van der Waals surface area contributed by atoms with Crippen molar-refractivity contribution >= 4 is 34.1 Å². The smallest absolute Gasteiger partial charge is 0.378 e. The first-order valence-electron chi connectivity index (χ1n) is 16.8. The SMILES string of the molecule is Cc1[nH]c2ccccc2c1C1C(CC(=O)N(Cc2ccc(C(F)(F)F)cc2)C2(C(=O)Nc3ccc(N(C)C)cc3)CCCCC2)C1(C)C. The van der Waals surface area contributed by atoms with Gasteiger partial charge in [-0.05, 0) is 90.6 Å². The maximum absolute atomic E-state index is 14.7. The molecule has 2 fully saturated rings. The third-order valence-electron chi connectivity index (χ3n) is 10.9. The minimum atomic E-state index is -4.46. The van der Waals surface area contributed by atoms with Crippen LogP contribution >= 0.6 is 0 Å². The van der Waals surface area contributed by atoms with Crippen molar-refractivity contribution in [3.63, 3.8) is 0 Å². The lowest BCUT2D eigenvalue weighted by atomic mass is 9.78. The zero-order valence-electron chi connectivity index (χ0n) is 28.4. The molecule has 2 N–H and O–H groups in total. The summed E-state index contributed by atoms with van der Waals surface area (Å²) >= 11 is 0. The Morgan fingerprint density at radius 3 is 2.19 bits per heavy atom. The lowest BCUT2D eigenvalue weighted by Gasteiger charge is -2.45. The van der Waals surface area contributed by atoms with Crippen LogP contribution in [0.15, 0.2) is 72.8 Å². The molecule has 0 aliphatic heterocycles. The topological polar surface area (TPSA) is 68.4 Å². The summed E-state index contributed by atoms with van der Waals surface area (Å²) in [7, 11) is 3.89. The Bertz CT molecular complexity index is 1780. The van der Waals surface area contributed by atoms with Gasteiger partial charge in [0.1, 0.15) is 5.54 Å². The summed E-state index contributed by atoms with van der Waals surface area (Å²) in [6.07, 6.45) is -0.754. The Morgan fingerprint density at radius 2 is 1.56 bits per heavy atom. The number of aromatic nitrogens is 1. The highest BCUT2D eigenvalue weighted by Gasteiger charge is 2.60. The Morgan fingerprint density at radius 1 is 0.917 bits per heavy atom. The monoisotopic (exact) mass is 658 g/mol. The van der Waals surface area contributed by atoms with E-state index in [0.29, 0.717) is 24.1 Å². The molecule has 6 rings (SSSR count). The van der Waals surface area contributed by atoms with Gasteiger partial charge in [-0.2, -0.15) is 13.2 Å². The van der Waals surface area contributed by atoms with Crippen LogP contribution in [0.3, 0.4) is 0 Å². The third-order valence-corrected chi connectivity index (χ3v) is 10.9. The van der Waals surface area contributed by atoms with Gasteiger partial charge in [0.05, 0.1) is 5.56 Å². The number of aryl methyl sites for hydroxylation is 1. The van der Waals surface area contributed by atoms with Gasteiger partial charge in [-0.25, -0.2) is 0 Å². The molecule has 3 aromatic carbocycles. The van der Waals surface area contributed by atoms with Crippen molar-refractivity contribution in [2.75, 3.05) is 24.3 Å². The Hall–Kier alpha value is -4.27. The first-order chi connectivity index (χ1) is 22.7. The molecule has 2 atom stereocenters. The number of nitrogens with zero attached hydrogens (tertiary/aromatic N) is 2. The summed E-state index contributed by atoms with van der Waals surface area (Å²) < 4.78 is 40.3. The number of H-pyrrole nitrogens is 1. The van der Waals surface area contributed by atoms with Gasteiger partial charge in [0.25, 0.3) is 0 Å². The van der Waals surface area contributed by atoms with E-state index in [-0.39, 0.29) is 42.0 Å². The highest BCUT2D eigenvalue weighted by atomic mass is 19.4. The number of benzene rings is 3. The molecule has 1 heterocycles. The first kappa shape index (κ1) is 33.6. The second-order valence-electron chi connectivity index (χ2n) is 14.5. The van der Waals surface area contributed by atoms with Gasteiger partial charge in [-0.15, -0.1) is 0 Å². The summed E-state index contributed by atoms with van der Waals surface area (Å²) in [5.74, 6) is -0.204. The van der Waals surface area contributed by atoms with Crippen molar-refractivity contribution in [1.29, 1.82) is 0 Å². The Labute approximate surface area is 280 Å². The van der Waals surface area contributed by atoms with Crippen LogP contribution in [0.25, 0.3) is 10.9 Å². The molecular formula is C39H45F3N4O2. The average Bonchev–Trinajstić information content (AvgIpc) is 3.40. The molecule has 2 aliphatic rings. The Balaban J connectivity index is 1.34. The van der Waals surface area contributed by atoms with E-state index < -0.39 is 17.3 Å². The number of hydrogen-bond acceptors (Lipinski definition) is 3. The summed E-state index contributed by atoms with van der Waals surface area (Å²) in [5, 5.41) is 4.27. The lowest BCUT2D eigenvalue weighted by Crippen LogP contribution is -2.59. The number of aromatic amines is 1. The van der Waals surface area contributed by atoms with Crippen LogP contribution in [-0.2, 0) is 22.3 Å². The first-order valence-corrected chi connectivity index (χ1v) is 16.8. The van der Waals surface area contributed by atoms with Gasteiger partial charge in [0.2, 0.25) is 11.8 Å². The predicted molar refractivity (Wildman–Crippen MR) is 185 cm³/mol. The number of carbonyl (C=O) groups excluding carboxylic acids is 2. The van der Waals surface area contributed by atoms with Gasteiger partial charge >= 0.3 is 6.18 Å². The number of anilines is 2. The molecule has 4 aromatic rings. The van der Waals surface area contributed by atoms with Crippen molar-refractivity contribution in [3.05, 3.63) is 95.2 Å². The number of nitrogens with one attached hydrogen (secondary N) is 2. The van der Waals surface area contributed by atoms with Crippen molar-refractivity contribution < 1.29 is 22.8 Å². The molecule has 6 nitrogen and oxygen atoms in total. The van der Waals surface area contributed by atoms with E-state index in [0.717, 1.165) is 53.7 Å². The maximum Gasteiger partial charge on any atom is 0.416 e. The van der Waals surface area contributed by atoms with Crippen LogP contribution in [0.1, 0.15) is 80.7 Å². The fourth-order valence-corrected chi connectivity index (χ4v) is 8.00. The molecule has 0 spiro atoms. The molecular weight excluding hydrogens is 613 g/mol. The van der Waals surface area contributed by atoms with E-state index in [9.17, 15) is 22.8 Å². The van der Waals surface area contributed by atoms with Gasteiger partial charge in [0, 0.05) is 55.0 Å². The fourth-order valence-electron chi connectivity index (χ4n) is 8.00. The number of hydrogen-bond donors (Lipinski definition) is 2. The van der Waals surface area contributed by atoms with Crippen LogP contribution in [0.4, 0.5) is 24.5 Å². The minimum absolute atomic E-state index is 0.0419. The number of para-hydroxylation sites is 1. The van der Waals surface area contributed by atoms with E-state index >= 15 is 0 Å². The highest BCUT2D eigenvalue weighted by molar-refractivity contribution is 6.01. The van der Waals surface area contributed by atoms with Crippen molar-refractivity contribution in [2.24, 2.45) is 11.3 Å². The largest absolute Gasteiger partial charge is 0.416 e. The third kappa shape index (κ3) is 6.31. The molecule has 48 heavy (non-hydrogen) atoms. The maximum atomic E-state index is 14.7. The molecule has 0 radical (unpaired) electrons. The molecule has 1 aromatic heterocycles. The highest BCUT2D eigenvalue weighted by Crippen LogP contribution is 2.67. The summed E-state index contributed by atoms with van der Waals surface area (Å²) in [6.45, 7) is 6.51. The average molecular weight is 659 g/mol. The molecule has 9 heteroatoms. The number of alkyl halides is 3. The molecule has 2 saturated carbocycles. The van der Waals surface area contributed by atoms with E-state index in [1.54, 1.807) is 4.90 Å². The van der Waals surface area contributed by atoms with E-state index in [4.69, 9.17) is 0 Å². The molecule has 2 amide bonds. The van der Waals surface area contributed by atoms with Crippen LogP contribution < -0.4 is 10.2 Å². The predicted octanol–water partition coefficient (Wildman–Crippen LogP) is 9.06. The van der Waals surface area contributed by atoms with Gasteiger partial charge < -0.3 is 20.1 Å². The lowest BCUT2D eigenvalue weighted by molar-refractivity contribution is -0.149. The van der Waals surface area contributed by atoms with Gasteiger partial charge in [0.15, 0.2) is 0 Å². The fraction of sp³-hybridized carbons (Fsp3) is 0.436. The zero-order valence-corrected chi connectivity index (χ0v) is 28.4. The van der Waals surface area contributed by atoms with Gasteiger partial charge in [-0.3, -0.25) is 9.59 Å². The van der Waals surface area contributed by atoms with Crippen molar-refractivity contribution in [2.45, 2.75) is 83.5 Å². The minimum Gasteiger partial charge on any atom is -0.378 e. The summed E-state index contributed by atoms with van der Waals surface area (Å²) in [6, 6.07) is 20.7. The summed E-state index contributed by atoms with van der Waals surface area (Å²) in [4.78, 5) is 36.3. The zero-order chi connectivity index (χ0) is 34.4. The van der Waals surface area contributed by atoms with Gasteiger partial charge in [-0.1, -0.05) is 63.4 Å². The van der Waals surface area contributed by atoms with Crippen LogP contribution in [0.5, 0.6) is 0 Å². The quantitative estimate of drug-likeness (QED) is 0.189. The molecule has 2 unspecified atom stereocenters. The second-order valence-corrected chi connectivity index (χ2v) is 14.5. The van der Waals surface area contributed by atoms with Crippen molar-refractivity contribution in [3.8, 4) is 0 Å². The number of halogens is 3. The second kappa shape index (κ2) is 12.6. The number of rotatable bonds is 9. The van der Waals surface area contributed by atoms with Crippen LogP contribution in [0.2, 0.25) is 0 Å². The van der Waals surface area contributed by atoms with E-state index in [1.165, 1.54) is 17.7 Å². The normalized spacial score (nSPS) is 19.9. The van der Waals surface area contributed by atoms with E-state index in [2.05, 4.69) is 43.2 Å². The van der Waals surface area contributed by atoms with Crippen LogP contribution in [0, 0.1) is 18.3 Å². The van der Waals surface area contributed by atoms with Crippen molar-refractivity contribution in [1.82, 2.24) is 9.88 Å². The van der Waals surface area contributed by atoms with Crippen LogP contribution in [-0.4, -0.2) is 41.3 Å².